The molecule has 0 aromatic carbocycles. The van der Waals surface area contributed by atoms with Crippen molar-refractivity contribution in [1.82, 2.24) is 0 Å². The summed E-state index contributed by atoms with van der Waals surface area (Å²) >= 11 is 10.3. The van der Waals surface area contributed by atoms with E-state index in [4.69, 9.17) is 0 Å². The molecule has 9 heterocycles. The van der Waals surface area contributed by atoms with Gasteiger partial charge in [-0.05, 0) is 0 Å². The van der Waals surface area contributed by atoms with Gasteiger partial charge in [0.05, 0.1) is 40.4 Å². The number of halogens is 6. The first kappa shape index (κ1) is 45.9. The Hall–Kier alpha value is -0.840. The van der Waals surface area contributed by atoms with Crippen LogP contribution in [0.25, 0.3) is 0 Å². The molecule has 12 rings (SSSR count). The van der Waals surface area contributed by atoms with Crippen LogP contribution in [0.3, 0.4) is 0 Å². The maximum absolute atomic E-state index is 11.4. The topological polar surface area (TPSA) is 259 Å². The zero-order chi connectivity index (χ0) is 37.9. The molecule has 0 aromatic heterocycles. The maximum Gasteiger partial charge on any atom is 0.294 e. The largest absolute Gasteiger partial charge is 1.00 e. The lowest BCUT2D eigenvalue weighted by Gasteiger charge is -2.35. The highest BCUT2D eigenvalue weighted by atomic mass is 79.9. The fourth-order valence-corrected chi connectivity index (χ4v) is 16.9. The zero-order valence-corrected chi connectivity index (χ0v) is 38.7. The molecule has 3 saturated carbocycles. The van der Waals surface area contributed by atoms with Gasteiger partial charge in [-0.2, -0.15) is 0 Å². The van der Waals surface area contributed by atoms with E-state index < -0.39 is 33.2 Å². The number of nitro groups is 6. The van der Waals surface area contributed by atoms with Crippen molar-refractivity contribution >= 4 is 47.8 Å². The van der Waals surface area contributed by atoms with Crippen LogP contribution in [0.4, 0.5) is 0 Å². The molecule has 15 unspecified atom stereocenters. The SMILES string of the molecule is C[N+]12CC3([N+](=O)[O-])CC1C(Br)C([N+](=O)[O-])(C3)C2.C[N+]12CC3([N+](=O)[O-])CC1C(Br)C([N+](=O)[O-])(C3)C2.C[N+]12CC3([N+](=O)[O-])CC1C(Br)C([N+](=O)[O-])(C3)C2.[Br-].[Br-].[Br-]. The van der Waals surface area contributed by atoms with Gasteiger partial charge in [0.25, 0.3) is 33.2 Å². The molecule has 54 heavy (non-hydrogen) atoms. The van der Waals surface area contributed by atoms with Crippen LogP contribution >= 0.6 is 47.8 Å². The highest BCUT2D eigenvalue weighted by Gasteiger charge is 2.87. The van der Waals surface area contributed by atoms with Crippen molar-refractivity contribution in [3.05, 3.63) is 60.7 Å². The van der Waals surface area contributed by atoms with Gasteiger partial charge in [-0.15, -0.1) is 0 Å². The summed E-state index contributed by atoms with van der Waals surface area (Å²) in [4.78, 5) is 65.5. The lowest BCUT2D eigenvalue weighted by Crippen LogP contribution is -3.00. The fraction of sp³-hybridized carbons (Fsp3) is 1.00. The van der Waals surface area contributed by atoms with Crippen molar-refractivity contribution in [2.45, 2.75) is 104 Å². The number of hydrogen-bond donors (Lipinski definition) is 0. The molecule has 0 N–H and O–H groups in total. The second-order valence-corrected chi connectivity index (χ2v) is 20.9. The van der Waals surface area contributed by atoms with Gasteiger partial charge in [0.15, 0.2) is 39.3 Å². The average molecular weight is 1160 g/mol. The van der Waals surface area contributed by atoms with Gasteiger partial charge in [-0.3, -0.25) is 60.7 Å². The smallest absolute Gasteiger partial charge is 0.294 e. The summed E-state index contributed by atoms with van der Waals surface area (Å²) in [6.07, 6.45) is 1.59. The van der Waals surface area contributed by atoms with Gasteiger partial charge in [0.1, 0.15) is 51.9 Å². The van der Waals surface area contributed by atoms with E-state index in [1.54, 1.807) is 0 Å². The number of quaternary nitrogens is 3. The van der Waals surface area contributed by atoms with E-state index in [-0.39, 0.29) is 132 Å². The van der Waals surface area contributed by atoms with Crippen molar-refractivity contribution in [1.29, 1.82) is 0 Å². The second-order valence-electron chi connectivity index (χ2n) is 18.0. The quantitative estimate of drug-likeness (QED) is 0.104. The molecular formula is C27H39Br6N9O12. The van der Waals surface area contributed by atoms with E-state index in [0.717, 1.165) is 0 Å². The van der Waals surface area contributed by atoms with Crippen LogP contribution < -0.4 is 50.9 Å². The Morgan fingerprint density at radius 2 is 0.630 bits per heavy atom. The molecule has 306 valence electrons. The zero-order valence-electron chi connectivity index (χ0n) is 29.1. The number of hydrogen-bond acceptors (Lipinski definition) is 12. The van der Waals surface area contributed by atoms with Gasteiger partial charge < -0.3 is 64.4 Å². The van der Waals surface area contributed by atoms with E-state index >= 15 is 0 Å². The van der Waals surface area contributed by atoms with Gasteiger partial charge in [0.2, 0.25) is 0 Å². The summed E-state index contributed by atoms with van der Waals surface area (Å²) in [7, 11) is 5.73. The van der Waals surface area contributed by atoms with Crippen molar-refractivity contribution in [2.75, 3.05) is 60.4 Å². The monoisotopic (exact) mass is 1150 g/mol. The van der Waals surface area contributed by atoms with E-state index in [0.29, 0.717) is 72.0 Å². The number of nitrogens with zero attached hydrogens (tertiary/aromatic N) is 9. The Balaban J connectivity index is 0.000000176. The number of rotatable bonds is 6. The molecule has 0 spiro atoms. The summed E-state index contributed by atoms with van der Waals surface area (Å²) in [6, 6.07) is -0.00125. The first-order valence-electron chi connectivity index (χ1n) is 16.6. The van der Waals surface area contributed by atoms with Gasteiger partial charge in [-0.25, -0.2) is 0 Å². The Bertz CT molecular complexity index is 1540. The van der Waals surface area contributed by atoms with Crippen LogP contribution in [0.15, 0.2) is 0 Å². The number of likely N-dealkylation sites (N-methyl/N-ethyl adjacent to an activating group) is 3. The van der Waals surface area contributed by atoms with Crippen molar-refractivity contribution in [3.8, 4) is 0 Å². The first-order valence-corrected chi connectivity index (χ1v) is 19.3. The minimum Gasteiger partial charge on any atom is -1.00 e. The number of alkyl halides is 3. The van der Waals surface area contributed by atoms with Gasteiger partial charge in [-0.1, -0.05) is 47.8 Å². The van der Waals surface area contributed by atoms with E-state index in [1.165, 1.54) is 0 Å². The standard InChI is InChI=1S/3C9H13BrN3O4.3BrH/c3*1-13-4-8(11(14)15)2-6(13)7(10)9(3-8,5-13)12(16)17;;;/h3*6-7H,2-5H2,1H3;3*1H/q3*+1;;;/p-3. The van der Waals surface area contributed by atoms with Crippen molar-refractivity contribution in [2.24, 2.45) is 0 Å². The van der Waals surface area contributed by atoms with Crippen LogP contribution in [-0.2, 0) is 0 Å². The van der Waals surface area contributed by atoms with Gasteiger partial charge >= 0.3 is 0 Å². The second kappa shape index (κ2) is 13.3. The molecule has 3 aliphatic carbocycles. The third kappa shape index (κ3) is 5.56. The molecule has 12 aliphatic rings. The highest BCUT2D eigenvalue weighted by Crippen LogP contribution is 2.61. The van der Waals surface area contributed by atoms with Gasteiger partial charge in [0, 0.05) is 29.5 Å². The molecule has 9 saturated heterocycles. The molecule has 15 atom stereocenters. The van der Waals surface area contributed by atoms with Crippen LogP contribution in [-0.4, -0.2) is 169 Å². The molecular weight excluding hydrogens is 1120 g/mol. The van der Waals surface area contributed by atoms with Crippen LogP contribution in [0.2, 0.25) is 0 Å². The predicted octanol–water partition coefficient (Wildman–Crippen LogP) is -7.74. The highest BCUT2D eigenvalue weighted by molar-refractivity contribution is 9.10. The Morgan fingerprint density at radius 1 is 0.426 bits per heavy atom. The van der Waals surface area contributed by atoms with E-state index in [1.807, 2.05) is 21.1 Å². The van der Waals surface area contributed by atoms with Crippen LogP contribution in [0, 0.1) is 60.7 Å². The summed E-state index contributed by atoms with van der Waals surface area (Å²) in [6.45, 7) is 2.54. The molecule has 0 radical (unpaired) electrons. The minimum absolute atomic E-state index is 0. The molecule has 9 aliphatic heterocycles. The molecule has 0 amide bonds. The third-order valence-corrected chi connectivity index (χ3v) is 19.1. The summed E-state index contributed by atoms with van der Waals surface area (Å²) in [5, 5.41) is 67.9. The molecule has 12 bridgehead atoms. The first-order chi connectivity index (χ1) is 23.3. The summed E-state index contributed by atoms with van der Waals surface area (Å²) in [5.74, 6) is 0. The summed E-state index contributed by atoms with van der Waals surface area (Å²) < 4.78 is 1.41. The Kier molecular flexibility index (Phi) is 11.3. The lowest BCUT2D eigenvalue weighted by molar-refractivity contribution is -0.928. The average Bonchev–Trinajstić information content (AvgIpc) is 3.63. The van der Waals surface area contributed by atoms with Crippen molar-refractivity contribution in [3.63, 3.8) is 0 Å². The van der Waals surface area contributed by atoms with Crippen LogP contribution in [0.5, 0.6) is 0 Å². The van der Waals surface area contributed by atoms with Crippen molar-refractivity contribution < 1.29 is 93.9 Å². The normalized spacial score (nSPS) is 52.1. The fourth-order valence-electron chi connectivity index (χ4n) is 13.2. The Morgan fingerprint density at radius 3 is 0.778 bits per heavy atom. The van der Waals surface area contributed by atoms with E-state index in [2.05, 4.69) is 47.8 Å². The third-order valence-electron chi connectivity index (χ3n) is 14.8. The molecule has 12 fully saturated rings. The number of piperidine rings is 3. The molecule has 0 aromatic rings. The molecule has 21 nitrogen and oxygen atoms in total. The Labute approximate surface area is 364 Å². The maximum atomic E-state index is 11.4. The lowest BCUT2D eigenvalue weighted by atomic mass is 9.73. The van der Waals surface area contributed by atoms with Crippen LogP contribution in [0.1, 0.15) is 38.5 Å². The van der Waals surface area contributed by atoms with E-state index in [9.17, 15) is 60.7 Å². The molecule has 27 heteroatoms. The summed E-state index contributed by atoms with van der Waals surface area (Å²) in [5.41, 5.74) is -6.67. The minimum atomic E-state index is -1.15. The predicted molar refractivity (Wildman–Crippen MR) is 183 cm³/mol.